The van der Waals surface area contributed by atoms with Gasteiger partial charge in [0.1, 0.15) is 11.1 Å². The molecule has 2 aromatic rings. The molecule has 0 unspecified atom stereocenters. The Hall–Kier alpha value is -3.31. The molecular formula is C20H20N2O5S. The Morgan fingerprint density at radius 3 is 2.79 bits per heavy atom. The number of rotatable bonds is 8. The molecule has 0 spiro atoms. The van der Waals surface area contributed by atoms with Gasteiger partial charge in [0.25, 0.3) is 5.91 Å². The quantitative estimate of drug-likeness (QED) is 0.537. The van der Waals surface area contributed by atoms with Gasteiger partial charge >= 0.3 is 5.97 Å². The highest BCUT2D eigenvalue weighted by atomic mass is 32.1. The second-order valence-electron chi connectivity index (χ2n) is 5.52. The lowest BCUT2D eigenvalue weighted by Crippen LogP contribution is -2.29. The van der Waals surface area contributed by atoms with Crippen molar-refractivity contribution in [3.63, 3.8) is 0 Å². The van der Waals surface area contributed by atoms with Crippen LogP contribution in [0.25, 0.3) is 6.08 Å². The number of benzene rings is 1. The van der Waals surface area contributed by atoms with E-state index in [1.807, 2.05) is 13.0 Å². The zero-order chi connectivity index (χ0) is 20.5. The van der Waals surface area contributed by atoms with Gasteiger partial charge in [-0.05, 0) is 49.1 Å². The summed E-state index contributed by atoms with van der Waals surface area (Å²) in [6, 6.07) is 8.82. The summed E-state index contributed by atoms with van der Waals surface area (Å²) in [4.78, 5) is 24.1. The maximum atomic E-state index is 12.1. The predicted molar refractivity (Wildman–Crippen MR) is 106 cm³/mol. The molecule has 0 radical (unpaired) electrons. The Morgan fingerprint density at radius 2 is 2.11 bits per heavy atom. The van der Waals surface area contributed by atoms with Gasteiger partial charge in [-0.15, -0.1) is 11.3 Å². The number of nitrogens with zero attached hydrogens (tertiary/aromatic N) is 1. The van der Waals surface area contributed by atoms with Gasteiger partial charge in [0.2, 0.25) is 0 Å². The molecule has 28 heavy (non-hydrogen) atoms. The summed E-state index contributed by atoms with van der Waals surface area (Å²) in [5, 5.41) is 13.7. The fraction of sp³-hybridized carbons (Fsp3) is 0.250. The van der Waals surface area contributed by atoms with Gasteiger partial charge in [-0.2, -0.15) is 5.26 Å². The van der Waals surface area contributed by atoms with Crippen LogP contribution in [0.5, 0.6) is 11.5 Å². The molecule has 1 N–H and O–H groups in total. The topological polar surface area (TPSA) is 97.6 Å². The normalized spacial score (nSPS) is 11.5. The Bertz CT molecular complexity index is 914. The number of hydrogen-bond donors (Lipinski definition) is 1. The molecule has 1 aromatic carbocycles. The summed E-state index contributed by atoms with van der Waals surface area (Å²) in [6.45, 7) is 3.80. The molecule has 0 aliphatic rings. The number of amides is 1. The van der Waals surface area contributed by atoms with Crippen LogP contribution in [-0.2, 0) is 14.3 Å². The van der Waals surface area contributed by atoms with Gasteiger partial charge in [0.05, 0.1) is 19.3 Å². The summed E-state index contributed by atoms with van der Waals surface area (Å²) in [5.74, 6) is -0.0124. The zero-order valence-electron chi connectivity index (χ0n) is 15.7. The maximum Gasteiger partial charge on any atom is 0.331 e. The molecule has 7 nitrogen and oxygen atoms in total. The SMILES string of the molecule is CCOc1cc(/C=C/C(=O)O[C@@H](C)C(=O)Nc2sccc2C#N)ccc1OC. The average Bonchev–Trinajstić information content (AvgIpc) is 3.13. The van der Waals surface area contributed by atoms with E-state index in [2.05, 4.69) is 5.32 Å². The number of carbonyl (C=O) groups is 2. The highest BCUT2D eigenvalue weighted by Crippen LogP contribution is 2.28. The number of carbonyl (C=O) groups excluding carboxylic acids is 2. The van der Waals surface area contributed by atoms with Gasteiger partial charge in [-0.1, -0.05) is 6.07 Å². The van der Waals surface area contributed by atoms with Crippen molar-refractivity contribution in [1.82, 2.24) is 0 Å². The number of nitrogens with one attached hydrogen (secondary N) is 1. The first-order valence-corrected chi connectivity index (χ1v) is 9.34. The molecular weight excluding hydrogens is 380 g/mol. The Labute approximate surface area is 167 Å². The van der Waals surface area contributed by atoms with Crippen LogP contribution in [0.2, 0.25) is 0 Å². The fourth-order valence-corrected chi connectivity index (χ4v) is 2.94. The third kappa shape index (κ3) is 5.59. The second-order valence-corrected chi connectivity index (χ2v) is 6.44. The van der Waals surface area contributed by atoms with Crippen LogP contribution in [0.1, 0.15) is 25.0 Å². The largest absolute Gasteiger partial charge is 0.493 e. The third-order valence-electron chi connectivity index (χ3n) is 3.58. The van der Waals surface area contributed by atoms with Crippen molar-refractivity contribution in [3.8, 4) is 17.6 Å². The van der Waals surface area contributed by atoms with Gasteiger partial charge in [-0.3, -0.25) is 4.79 Å². The van der Waals surface area contributed by atoms with Crippen molar-refractivity contribution in [2.24, 2.45) is 0 Å². The standard InChI is InChI=1S/C20H20N2O5S/c1-4-26-17-11-14(5-7-16(17)25-3)6-8-18(23)27-13(2)19(24)22-20-15(12-21)9-10-28-20/h5-11,13H,4H2,1-3H3,(H,22,24)/b8-6+/t13-/m0/s1. The van der Waals surface area contributed by atoms with Crippen LogP contribution in [-0.4, -0.2) is 31.7 Å². The molecule has 1 amide bonds. The third-order valence-corrected chi connectivity index (χ3v) is 4.41. The highest BCUT2D eigenvalue weighted by molar-refractivity contribution is 7.14. The van der Waals surface area contributed by atoms with Crippen molar-refractivity contribution in [1.29, 1.82) is 5.26 Å². The molecule has 146 valence electrons. The maximum absolute atomic E-state index is 12.1. The van der Waals surface area contributed by atoms with E-state index in [1.165, 1.54) is 24.3 Å². The molecule has 0 saturated carbocycles. The molecule has 1 aromatic heterocycles. The zero-order valence-corrected chi connectivity index (χ0v) is 16.5. The lowest BCUT2D eigenvalue weighted by atomic mass is 10.2. The molecule has 0 saturated heterocycles. The van der Waals surface area contributed by atoms with Crippen molar-refractivity contribution in [2.45, 2.75) is 20.0 Å². The Morgan fingerprint density at radius 1 is 1.32 bits per heavy atom. The lowest BCUT2D eigenvalue weighted by molar-refractivity contribution is -0.148. The molecule has 8 heteroatoms. The van der Waals surface area contributed by atoms with E-state index < -0.39 is 18.0 Å². The molecule has 1 heterocycles. The Balaban J connectivity index is 1.96. The number of thiophene rings is 1. The number of hydrogen-bond acceptors (Lipinski definition) is 7. The summed E-state index contributed by atoms with van der Waals surface area (Å²) < 4.78 is 15.8. The fourth-order valence-electron chi connectivity index (χ4n) is 2.20. The molecule has 1 atom stereocenters. The average molecular weight is 400 g/mol. The van der Waals surface area contributed by atoms with E-state index in [9.17, 15) is 9.59 Å². The molecule has 0 fully saturated rings. The van der Waals surface area contributed by atoms with Crippen molar-refractivity contribution in [2.75, 3.05) is 19.0 Å². The van der Waals surface area contributed by atoms with Crippen LogP contribution in [0.4, 0.5) is 5.00 Å². The summed E-state index contributed by atoms with van der Waals surface area (Å²) in [5.41, 5.74) is 1.08. The van der Waals surface area contributed by atoms with E-state index in [-0.39, 0.29) is 0 Å². The van der Waals surface area contributed by atoms with Gasteiger partial charge in [0.15, 0.2) is 17.6 Å². The van der Waals surface area contributed by atoms with Crippen LogP contribution < -0.4 is 14.8 Å². The predicted octanol–water partition coefficient (Wildman–Crippen LogP) is 3.61. The van der Waals surface area contributed by atoms with Crippen LogP contribution in [0.15, 0.2) is 35.7 Å². The van der Waals surface area contributed by atoms with Crippen LogP contribution in [0.3, 0.4) is 0 Å². The lowest BCUT2D eigenvalue weighted by Gasteiger charge is -2.11. The van der Waals surface area contributed by atoms with E-state index >= 15 is 0 Å². The summed E-state index contributed by atoms with van der Waals surface area (Å²) in [6.07, 6.45) is 1.77. The molecule has 0 aliphatic carbocycles. The summed E-state index contributed by atoms with van der Waals surface area (Å²) in [7, 11) is 1.55. The first-order chi connectivity index (χ1) is 13.5. The minimum atomic E-state index is -1.01. The van der Waals surface area contributed by atoms with Gasteiger partial charge < -0.3 is 19.5 Å². The minimum Gasteiger partial charge on any atom is -0.493 e. The van der Waals surface area contributed by atoms with E-state index in [4.69, 9.17) is 19.5 Å². The van der Waals surface area contributed by atoms with Gasteiger partial charge in [-0.25, -0.2) is 4.79 Å². The first kappa shape index (κ1) is 21.0. The van der Waals surface area contributed by atoms with E-state index in [1.54, 1.807) is 42.8 Å². The Kier molecular flexibility index (Phi) is 7.60. The number of methoxy groups -OCH3 is 1. The number of nitriles is 1. The minimum absolute atomic E-state index is 0.362. The van der Waals surface area contributed by atoms with E-state index in [0.717, 1.165) is 5.56 Å². The van der Waals surface area contributed by atoms with Crippen LogP contribution in [0, 0.1) is 11.3 Å². The molecule has 0 bridgehead atoms. The smallest absolute Gasteiger partial charge is 0.331 e. The highest BCUT2D eigenvalue weighted by Gasteiger charge is 2.18. The first-order valence-electron chi connectivity index (χ1n) is 8.46. The number of esters is 1. The van der Waals surface area contributed by atoms with Crippen molar-refractivity contribution >= 4 is 34.3 Å². The van der Waals surface area contributed by atoms with Crippen LogP contribution >= 0.6 is 11.3 Å². The van der Waals surface area contributed by atoms with Crippen molar-refractivity contribution < 1.29 is 23.8 Å². The van der Waals surface area contributed by atoms with Crippen molar-refractivity contribution in [3.05, 3.63) is 46.8 Å². The molecule has 2 rings (SSSR count). The second kappa shape index (κ2) is 10.1. The number of anilines is 1. The summed E-state index contributed by atoms with van der Waals surface area (Å²) >= 11 is 1.22. The van der Waals surface area contributed by atoms with Gasteiger partial charge in [0, 0.05) is 6.08 Å². The number of ether oxygens (including phenoxy) is 3. The monoisotopic (exact) mass is 400 g/mol. The van der Waals surface area contributed by atoms with E-state index in [0.29, 0.717) is 28.7 Å². The molecule has 0 aliphatic heterocycles.